The number of ketones is 1. The Kier molecular flexibility index (Phi) is 1.25. The zero-order chi connectivity index (χ0) is 8.15. The van der Waals surface area contributed by atoms with Crippen molar-refractivity contribution in [3.05, 3.63) is 0 Å². The quantitative estimate of drug-likeness (QED) is 0.545. The summed E-state index contributed by atoms with van der Waals surface area (Å²) < 4.78 is 0. The first kappa shape index (κ1) is 7.73. The molecule has 0 aromatic carbocycles. The number of Topliss-reactive ketones (excluding diaryl/α,β-unsaturated/α-hetero) is 1. The summed E-state index contributed by atoms with van der Waals surface area (Å²) in [6, 6.07) is 0. The number of hydrogen-bond donors (Lipinski definition) is 1. The molecule has 0 saturated heterocycles. The fourth-order valence-corrected chi connectivity index (χ4v) is 1.54. The Balaban J connectivity index is 2.92. The van der Waals surface area contributed by atoms with Crippen molar-refractivity contribution in [2.24, 2.45) is 17.1 Å². The molecule has 0 amide bonds. The predicted octanol–water partition coefficient (Wildman–Crippen LogP) is 0.949. The van der Waals surface area contributed by atoms with E-state index in [0.29, 0.717) is 0 Å². The highest BCUT2D eigenvalue weighted by Gasteiger charge is 2.60. The molecule has 0 aromatic heterocycles. The number of carbonyl (C=O) groups is 1. The van der Waals surface area contributed by atoms with Gasteiger partial charge in [0.1, 0.15) is 5.78 Å². The van der Waals surface area contributed by atoms with E-state index in [1.807, 2.05) is 27.7 Å². The first-order valence-electron chi connectivity index (χ1n) is 3.65. The minimum absolute atomic E-state index is 0.0301. The van der Waals surface area contributed by atoms with Crippen LogP contribution in [0.4, 0.5) is 0 Å². The van der Waals surface area contributed by atoms with Crippen molar-refractivity contribution in [1.82, 2.24) is 0 Å². The number of hydrogen-bond acceptors (Lipinski definition) is 2. The molecule has 1 saturated carbocycles. The second-order valence-electron chi connectivity index (χ2n) is 3.99. The van der Waals surface area contributed by atoms with Gasteiger partial charge in [-0.3, -0.25) is 4.79 Å². The molecule has 1 aliphatic carbocycles. The third-order valence-electron chi connectivity index (χ3n) is 3.26. The molecular formula is C8H15NO. The normalized spacial score (nSPS) is 44.9. The molecule has 2 N–H and O–H groups in total. The lowest BCUT2D eigenvalue weighted by Gasteiger charge is -2.55. The minimum atomic E-state index is -0.313. The van der Waals surface area contributed by atoms with Crippen LogP contribution in [-0.4, -0.2) is 11.3 Å². The van der Waals surface area contributed by atoms with Crippen molar-refractivity contribution >= 4 is 5.78 Å². The van der Waals surface area contributed by atoms with Gasteiger partial charge in [-0.15, -0.1) is 0 Å². The summed E-state index contributed by atoms with van der Waals surface area (Å²) in [4.78, 5) is 11.2. The Morgan fingerprint density at radius 1 is 1.40 bits per heavy atom. The fraction of sp³-hybridized carbons (Fsp3) is 0.875. The highest BCUT2D eigenvalue weighted by molar-refractivity contribution is 5.95. The molecule has 1 rings (SSSR count). The van der Waals surface area contributed by atoms with Gasteiger partial charge in [-0.1, -0.05) is 20.8 Å². The van der Waals surface area contributed by atoms with E-state index >= 15 is 0 Å². The van der Waals surface area contributed by atoms with Crippen LogP contribution >= 0.6 is 0 Å². The molecule has 2 atom stereocenters. The zero-order valence-corrected chi connectivity index (χ0v) is 7.06. The maximum atomic E-state index is 11.2. The van der Waals surface area contributed by atoms with Gasteiger partial charge in [0.05, 0.1) is 0 Å². The van der Waals surface area contributed by atoms with Gasteiger partial charge in [0.15, 0.2) is 0 Å². The third-order valence-corrected chi connectivity index (χ3v) is 3.26. The van der Waals surface area contributed by atoms with Crippen LogP contribution in [0.5, 0.6) is 0 Å². The van der Waals surface area contributed by atoms with Gasteiger partial charge in [0.2, 0.25) is 0 Å². The van der Waals surface area contributed by atoms with E-state index in [0.717, 1.165) is 0 Å². The summed E-state index contributed by atoms with van der Waals surface area (Å²) in [7, 11) is 0. The summed E-state index contributed by atoms with van der Waals surface area (Å²) in [5, 5.41) is 0. The van der Waals surface area contributed by atoms with E-state index in [2.05, 4.69) is 0 Å². The van der Waals surface area contributed by atoms with Crippen LogP contribution in [0.25, 0.3) is 0 Å². The molecular weight excluding hydrogens is 126 g/mol. The van der Waals surface area contributed by atoms with Gasteiger partial charge in [-0.05, 0) is 6.92 Å². The van der Waals surface area contributed by atoms with Gasteiger partial charge in [-0.2, -0.15) is 0 Å². The highest BCUT2D eigenvalue weighted by Crippen LogP contribution is 2.48. The highest BCUT2D eigenvalue weighted by atomic mass is 16.1. The maximum Gasteiger partial charge on any atom is 0.144 e. The van der Waals surface area contributed by atoms with E-state index < -0.39 is 0 Å². The van der Waals surface area contributed by atoms with Crippen molar-refractivity contribution in [1.29, 1.82) is 0 Å². The Hall–Kier alpha value is -0.370. The number of carbonyl (C=O) groups excluding carboxylic acids is 1. The summed E-state index contributed by atoms with van der Waals surface area (Å²) in [5.41, 5.74) is 5.30. The van der Waals surface area contributed by atoms with Crippen LogP contribution in [0.15, 0.2) is 0 Å². The molecule has 0 aromatic rings. The van der Waals surface area contributed by atoms with Gasteiger partial charge in [0.25, 0.3) is 0 Å². The standard InChI is InChI=1S/C8H15NO/c1-5-6(10)7(2,3)8(5,4)9/h5H,9H2,1-4H3. The Morgan fingerprint density at radius 3 is 1.90 bits per heavy atom. The zero-order valence-electron chi connectivity index (χ0n) is 7.06. The van der Waals surface area contributed by atoms with E-state index in [1.165, 1.54) is 0 Å². The topological polar surface area (TPSA) is 43.1 Å². The Bertz CT molecular complexity index is 182. The lowest BCUT2D eigenvalue weighted by molar-refractivity contribution is -0.153. The van der Waals surface area contributed by atoms with Crippen LogP contribution in [0.3, 0.4) is 0 Å². The largest absolute Gasteiger partial charge is 0.324 e. The summed E-state index contributed by atoms with van der Waals surface area (Å²) in [6.45, 7) is 7.66. The maximum absolute atomic E-state index is 11.2. The van der Waals surface area contributed by atoms with E-state index in [-0.39, 0.29) is 22.7 Å². The van der Waals surface area contributed by atoms with E-state index in [9.17, 15) is 4.79 Å². The molecule has 10 heavy (non-hydrogen) atoms. The van der Waals surface area contributed by atoms with Crippen molar-refractivity contribution in [3.8, 4) is 0 Å². The molecule has 1 aliphatic rings. The molecule has 2 unspecified atom stereocenters. The molecule has 2 nitrogen and oxygen atoms in total. The lowest BCUT2D eigenvalue weighted by Crippen LogP contribution is -2.71. The second-order valence-corrected chi connectivity index (χ2v) is 3.99. The third kappa shape index (κ3) is 0.553. The molecule has 1 fully saturated rings. The molecule has 58 valence electrons. The van der Waals surface area contributed by atoms with Crippen molar-refractivity contribution in [2.75, 3.05) is 0 Å². The van der Waals surface area contributed by atoms with Crippen LogP contribution < -0.4 is 5.73 Å². The number of rotatable bonds is 0. The van der Waals surface area contributed by atoms with Crippen LogP contribution in [0.1, 0.15) is 27.7 Å². The monoisotopic (exact) mass is 141 g/mol. The second kappa shape index (κ2) is 1.62. The van der Waals surface area contributed by atoms with Gasteiger partial charge in [0, 0.05) is 16.9 Å². The first-order chi connectivity index (χ1) is 4.32. The van der Waals surface area contributed by atoms with Crippen molar-refractivity contribution < 1.29 is 4.79 Å². The predicted molar refractivity (Wildman–Crippen MR) is 40.5 cm³/mol. The van der Waals surface area contributed by atoms with Crippen LogP contribution in [0.2, 0.25) is 0 Å². The summed E-state index contributed by atoms with van der Waals surface area (Å²) in [5.74, 6) is 0.319. The lowest BCUT2D eigenvalue weighted by atomic mass is 9.51. The number of nitrogens with two attached hydrogens (primary N) is 1. The minimum Gasteiger partial charge on any atom is -0.324 e. The van der Waals surface area contributed by atoms with Crippen LogP contribution in [0, 0.1) is 11.3 Å². The van der Waals surface area contributed by atoms with Crippen molar-refractivity contribution in [2.45, 2.75) is 33.2 Å². The van der Waals surface area contributed by atoms with Gasteiger partial charge in [-0.25, -0.2) is 0 Å². The molecule has 0 radical (unpaired) electrons. The first-order valence-corrected chi connectivity index (χ1v) is 3.65. The van der Waals surface area contributed by atoms with Crippen LogP contribution in [-0.2, 0) is 4.79 Å². The Labute approximate surface area is 61.8 Å². The van der Waals surface area contributed by atoms with E-state index in [1.54, 1.807) is 0 Å². The molecule has 2 heteroatoms. The average Bonchev–Trinajstić information content (AvgIpc) is 1.84. The fourth-order valence-electron chi connectivity index (χ4n) is 1.54. The van der Waals surface area contributed by atoms with E-state index in [4.69, 9.17) is 5.73 Å². The SMILES string of the molecule is CC1C(=O)C(C)(C)C1(C)N. The van der Waals surface area contributed by atoms with Crippen molar-refractivity contribution in [3.63, 3.8) is 0 Å². The van der Waals surface area contributed by atoms with Gasteiger partial charge < -0.3 is 5.73 Å². The molecule has 0 bridgehead atoms. The average molecular weight is 141 g/mol. The smallest absolute Gasteiger partial charge is 0.144 e. The molecule has 0 heterocycles. The van der Waals surface area contributed by atoms with Gasteiger partial charge >= 0.3 is 0 Å². The Morgan fingerprint density at radius 2 is 1.80 bits per heavy atom. The summed E-state index contributed by atoms with van der Waals surface area (Å²) >= 11 is 0. The summed E-state index contributed by atoms with van der Waals surface area (Å²) in [6.07, 6.45) is 0. The molecule has 0 spiro atoms. The molecule has 0 aliphatic heterocycles.